The first kappa shape index (κ1) is 15.3. The standard InChI is InChI=1S/C16H32N2O/c1-4-15-8-7-13(2)18(15)11-9-14-6-5-10-16(14,12-19)17-3/h13-15,17,19H,4-12H2,1-3H3. The molecule has 4 atom stereocenters. The van der Waals surface area contributed by atoms with Crippen LogP contribution in [0.5, 0.6) is 0 Å². The van der Waals surface area contributed by atoms with Crippen molar-refractivity contribution < 1.29 is 5.11 Å². The molecule has 0 aromatic carbocycles. The number of hydrogen-bond acceptors (Lipinski definition) is 3. The van der Waals surface area contributed by atoms with Crippen molar-refractivity contribution in [3.63, 3.8) is 0 Å². The van der Waals surface area contributed by atoms with Crippen molar-refractivity contribution in [1.29, 1.82) is 0 Å². The number of aliphatic hydroxyl groups excluding tert-OH is 1. The zero-order valence-corrected chi connectivity index (χ0v) is 13.0. The molecule has 1 heterocycles. The van der Waals surface area contributed by atoms with Crippen molar-refractivity contribution in [1.82, 2.24) is 10.2 Å². The normalized spacial score (nSPS) is 40.1. The van der Waals surface area contributed by atoms with Gasteiger partial charge in [0.05, 0.1) is 6.61 Å². The SMILES string of the molecule is CCC1CCC(C)N1CCC1CCCC1(CO)NC. The van der Waals surface area contributed by atoms with E-state index in [1.165, 1.54) is 45.1 Å². The molecule has 3 nitrogen and oxygen atoms in total. The molecule has 0 aromatic rings. The van der Waals surface area contributed by atoms with E-state index in [0.717, 1.165) is 18.5 Å². The summed E-state index contributed by atoms with van der Waals surface area (Å²) in [6.45, 7) is 6.20. The Morgan fingerprint density at radius 3 is 2.74 bits per heavy atom. The average molecular weight is 268 g/mol. The van der Waals surface area contributed by atoms with Gasteiger partial charge in [-0.25, -0.2) is 0 Å². The second-order valence-corrected chi connectivity index (χ2v) is 6.67. The van der Waals surface area contributed by atoms with Crippen LogP contribution < -0.4 is 5.32 Å². The molecule has 1 aliphatic carbocycles. The van der Waals surface area contributed by atoms with Gasteiger partial charge in [0.2, 0.25) is 0 Å². The Balaban J connectivity index is 1.91. The van der Waals surface area contributed by atoms with Crippen molar-refractivity contribution >= 4 is 0 Å². The lowest BCUT2D eigenvalue weighted by molar-refractivity contribution is 0.110. The third kappa shape index (κ3) is 2.98. The maximum absolute atomic E-state index is 9.75. The predicted molar refractivity (Wildman–Crippen MR) is 80.3 cm³/mol. The summed E-state index contributed by atoms with van der Waals surface area (Å²) in [6, 6.07) is 1.55. The molecule has 19 heavy (non-hydrogen) atoms. The van der Waals surface area contributed by atoms with Crippen LogP contribution >= 0.6 is 0 Å². The van der Waals surface area contributed by atoms with Gasteiger partial charge in [-0.05, 0) is 65.0 Å². The van der Waals surface area contributed by atoms with Gasteiger partial charge in [0.15, 0.2) is 0 Å². The summed E-state index contributed by atoms with van der Waals surface area (Å²) < 4.78 is 0. The zero-order chi connectivity index (χ0) is 13.9. The Morgan fingerprint density at radius 2 is 2.11 bits per heavy atom. The molecule has 2 aliphatic rings. The predicted octanol–water partition coefficient (Wildman–Crippen LogP) is 2.39. The quantitative estimate of drug-likeness (QED) is 0.776. The van der Waals surface area contributed by atoms with Crippen LogP contribution in [0, 0.1) is 5.92 Å². The fourth-order valence-electron chi connectivity index (χ4n) is 4.45. The number of rotatable bonds is 6. The number of likely N-dealkylation sites (N-methyl/N-ethyl adjacent to an activating group) is 1. The van der Waals surface area contributed by atoms with Crippen LogP contribution in [0.2, 0.25) is 0 Å². The summed E-state index contributed by atoms with van der Waals surface area (Å²) in [4.78, 5) is 2.72. The molecule has 1 saturated heterocycles. The molecule has 0 bridgehead atoms. The van der Waals surface area contributed by atoms with Crippen molar-refractivity contribution in [3.8, 4) is 0 Å². The van der Waals surface area contributed by atoms with E-state index in [1.807, 2.05) is 7.05 Å². The summed E-state index contributed by atoms with van der Waals surface area (Å²) in [5.74, 6) is 0.646. The van der Waals surface area contributed by atoms with Gasteiger partial charge in [-0.15, -0.1) is 0 Å². The van der Waals surface area contributed by atoms with Gasteiger partial charge in [0.1, 0.15) is 0 Å². The number of hydrogen-bond donors (Lipinski definition) is 2. The molecular weight excluding hydrogens is 236 g/mol. The molecule has 0 radical (unpaired) electrons. The minimum absolute atomic E-state index is 0.00464. The van der Waals surface area contributed by atoms with E-state index < -0.39 is 0 Å². The van der Waals surface area contributed by atoms with Gasteiger partial charge < -0.3 is 10.4 Å². The fraction of sp³-hybridized carbons (Fsp3) is 1.00. The van der Waals surface area contributed by atoms with E-state index >= 15 is 0 Å². The van der Waals surface area contributed by atoms with E-state index in [9.17, 15) is 5.11 Å². The molecule has 1 aliphatic heterocycles. The number of aliphatic hydroxyl groups is 1. The Kier molecular flexibility index (Phi) is 5.27. The first-order valence-electron chi connectivity index (χ1n) is 8.22. The molecule has 0 aromatic heterocycles. The molecule has 3 heteroatoms. The molecule has 1 saturated carbocycles. The molecule has 0 spiro atoms. The number of nitrogens with one attached hydrogen (secondary N) is 1. The van der Waals surface area contributed by atoms with Gasteiger partial charge in [-0.1, -0.05) is 13.3 Å². The Bertz CT molecular complexity index is 278. The lowest BCUT2D eigenvalue weighted by Crippen LogP contribution is -2.50. The van der Waals surface area contributed by atoms with Gasteiger partial charge in [0.25, 0.3) is 0 Å². The smallest absolute Gasteiger partial charge is 0.0615 e. The highest BCUT2D eigenvalue weighted by Crippen LogP contribution is 2.38. The van der Waals surface area contributed by atoms with Crippen LogP contribution in [0.3, 0.4) is 0 Å². The summed E-state index contributed by atoms with van der Waals surface area (Å²) >= 11 is 0. The lowest BCUT2D eigenvalue weighted by atomic mass is 9.85. The van der Waals surface area contributed by atoms with Crippen LogP contribution in [-0.4, -0.2) is 47.8 Å². The summed E-state index contributed by atoms with van der Waals surface area (Å²) in [6.07, 6.45) is 8.94. The van der Waals surface area contributed by atoms with E-state index in [-0.39, 0.29) is 5.54 Å². The molecule has 2 fully saturated rings. The highest BCUT2D eigenvalue weighted by Gasteiger charge is 2.41. The van der Waals surface area contributed by atoms with Crippen molar-refractivity contribution in [2.24, 2.45) is 5.92 Å². The Morgan fingerprint density at radius 1 is 1.32 bits per heavy atom. The van der Waals surface area contributed by atoms with Gasteiger partial charge in [-0.3, -0.25) is 4.90 Å². The lowest BCUT2D eigenvalue weighted by Gasteiger charge is -2.36. The van der Waals surface area contributed by atoms with Crippen molar-refractivity contribution in [2.75, 3.05) is 20.2 Å². The van der Waals surface area contributed by atoms with E-state index in [4.69, 9.17) is 0 Å². The summed E-state index contributed by atoms with van der Waals surface area (Å²) in [7, 11) is 2.02. The van der Waals surface area contributed by atoms with Crippen LogP contribution in [-0.2, 0) is 0 Å². The van der Waals surface area contributed by atoms with Crippen LogP contribution in [0.15, 0.2) is 0 Å². The second-order valence-electron chi connectivity index (χ2n) is 6.67. The largest absolute Gasteiger partial charge is 0.394 e. The van der Waals surface area contributed by atoms with Crippen LogP contribution in [0.25, 0.3) is 0 Å². The van der Waals surface area contributed by atoms with E-state index in [1.54, 1.807) is 0 Å². The average Bonchev–Trinajstić information content (AvgIpc) is 3.00. The highest BCUT2D eigenvalue weighted by atomic mass is 16.3. The van der Waals surface area contributed by atoms with Crippen molar-refractivity contribution in [3.05, 3.63) is 0 Å². The molecule has 0 amide bonds. The maximum atomic E-state index is 9.75. The minimum atomic E-state index is 0.00464. The first-order valence-corrected chi connectivity index (χ1v) is 8.22. The summed E-state index contributed by atoms with van der Waals surface area (Å²) in [5.41, 5.74) is 0.00464. The van der Waals surface area contributed by atoms with Gasteiger partial charge >= 0.3 is 0 Å². The summed E-state index contributed by atoms with van der Waals surface area (Å²) in [5, 5.41) is 13.2. The van der Waals surface area contributed by atoms with Gasteiger partial charge in [0, 0.05) is 17.6 Å². The van der Waals surface area contributed by atoms with E-state index in [2.05, 4.69) is 24.1 Å². The van der Waals surface area contributed by atoms with Gasteiger partial charge in [-0.2, -0.15) is 0 Å². The van der Waals surface area contributed by atoms with E-state index in [0.29, 0.717) is 12.5 Å². The Hall–Kier alpha value is -0.120. The van der Waals surface area contributed by atoms with Crippen molar-refractivity contribution in [2.45, 2.75) is 76.4 Å². The maximum Gasteiger partial charge on any atom is 0.0615 e. The third-order valence-corrected chi connectivity index (χ3v) is 5.90. The third-order valence-electron chi connectivity index (χ3n) is 5.90. The first-order chi connectivity index (χ1) is 9.16. The number of likely N-dealkylation sites (tertiary alicyclic amines) is 1. The molecular formula is C16H32N2O. The van der Waals surface area contributed by atoms with Crippen LogP contribution in [0.4, 0.5) is 0 Å². The van der Waals surface area contributed by atoms with Crippen LogP contribution in [0.1, 0.15) is 58.8 Å². The zero-order valence-electron chi connectivity index (χ0n) is 13.0. The minimum Gasteiger partial charge on any atom is -0.394 e. The molecule has 4 unspecified atom stereocenters. The number of nitrogens with zero attached hydrogens (tertiary/aromatic N) is 1. The fourth-order valence-corrected chi connectivity index (χ4v) is 4.45. The monoisotopic (exact) mass is 268 g/mol. The topological polar surface area (TPSA) is 35.5 Å². The molecule has 2 rings (SSSR count). The second kappa shape index (κ2) is 6.55. The highest BCUT2D eigenvalue weighted by molar-refractivity contribution is 4.98. The molecule has 112 valence electrons. The molecule has 2 N–H and O–H groups in total. The Labute approximate surface area is 118 Å².